The van der Waals surface area contributed by atoms with E-state index in [1.54, 1.807) is 0 Å². The highest BCUT2D eigenvalue weighted by atomic mass is 19.4. The molecular formula is C16H18F3N3. The summed E-state index contributed by atoms with van der Waals surface area (Å²) >= 11 is 0. The van der Waals surface area contributed by atoms with Gasteiger partial charge in [-0.3, -0.25) is 0 Å². The lowest BCUT2D eigenvalue weighted by atomic mass is 9.96. The zero-order chi connectivity index (χ0) is 15.3. The van der Waals surface area contributed by atoms with Gasteiger partial charge in [0, 0.05) is 18.3 Å². The summed E-state index contributed by atoms with van der Waals surface area (Å²) in [6.07, 6.45) is 5.73. The first-order valence-corrected chi connectivity index (χ1v) is 7.89. The zero-order valence-electron chi connectivity index (χ0n) is 12.2. The van der Waals surface area contributed by atoms with Crippen molar-refractivity contribution in [2.24, 2.45) is 5.92 Å². The van der Waals surface area contributed by atoms with Crippen molar-refractivity contribution in [1.29, 1.82) is 0 Å². The largest absolute Gasteiger partial charge is 0.433 e. The molecule has 3 nitrogen and oxygen atoms in total. The summed E-state index contributed by atoms with van der Waals surface area (Å²) in [6, 6.07) is 1.45. The number of rotatable bonds is 2. The highest BCUT2D eigenvalue weighted by Gasteiger charge is 2.41. The molecule has 1 aliphatic carbocycles. The van der Waals surface area contributed by atoms with Crippen LogP contribution >= 0.6 is 0 Å². The number of anilines is 1. The van der Waals surface area contributed by atoms with Crippen LogP contribution in [-0.4, -0.2) is 22.1 Å². The summed E-state index contributed by atoms with van der Waals surface area (Å²) in [5.74, 6) is 0.999. The molecule has 0 radical (unpaired) electrons. The molecule has 3 fully saturated rings. The van der Waals surface area contributed by atoms with E-state index < -0.39 is 11.9 Å². The minimum Gasteiger partial charge on any atom is -0.334 e. The maximum Gasteiger partial charge on any atom is 0.433 e. The fourth-order valence-corrected chi connectivity index (χ4v) is 3.74. The molecule has 22 heavy (non-hydrogen) atoms. The number of hydrogen-bond acceptors (Lipinski definition) is 3. The molecule has 118 valence electrons. The molecule has 2 bridgehead atoms. The molecule has 0 spiro atoms. The molecule has 6 heteroatoms. The smallest absolute Gasteiger partial charge is 0.334 e. The average molecular weight is 309 g/mol. The van der Waals surface area contributed by atoms with E-state index in [0.29, 0.717) is 0 Å². The van der Waals surface area contributed by atoms with Crippen molar-refractivity contribution in [2.45, 2.75) is 56.8 Å². The van der Waals surface area contributed by atoms with Crippen molar-refractivity contribution in [3.63, 3.8) is 0 Å². The maximum atomic E-state index is 12.8. The first-order chi connectivity index (χ1) is 10.5. The Balaban J connectivity index is 1.59. The Morgan fingerprint density at radius 1 is 1.09 bits per heavy atom. The summed E-state index contributed by atoms with van der Waals surface area (Å²) in [4.78, 5) is 9.92. The predicted molar refractivity (Wildman–Crippen MR) is 76.4 cm³/mol. The van der Waals surface area contributed by atoms with Crippen molar-refractivity contribution in [1.82, 2.24) is 9.97 Å². The molecule has 0 aromatic carbocycles. The summed E-state index contributed by atoms with van der Waals surface area (Å²) < 4.78 is 38.5. The molecule has 3 heterocycles. The minimum absolute atomic E-state index is 0.243. The number of halogens is 3. The molecule has 0 N–H and O–H groups in total. The van der Waals surface area contributed by atoms with Crippen LogP contribution in [-0.2, 0) is 6.18 Å². The van der Waals surface area contributed by atoms with Gasteiger partial charge in [-0.05, 0) is 50.5 Å². The minimum atomic E-state index is -4.41. The number of piperidine rings is 1. The first kappa shape index (κ1) is 14.0. The van der Waals surface area contributed by atoms with Crippen molar-refractivity contribution in [2.75, 3.05) is 4.90 Å². The van der Waals surface area contributed by atoms with Crippen LogP contribution in [0.3, 0.4) is 0 Å². The second kappa shape index (κ2) is 4.96. The molecular weight excluding hydrogens is 291 g/mol. The quantitative estimate of drug-likeness (QED) is 0.774. The Labute approximate surface area is 127 Å². The van der Waals surface area contributed by atoms with Crippen molar-refractivity contribution in [3.8, 4) is 0 Å². The van der Waals surface area contributed by atoms with E-state index in [2.05, 4.69) is 16.0 Å². The van der Waals surface area contributed by atoms with Crippen LogP contribution in [0.2, 0.25) is 0 Å². The first-order valence-electron chi connectivity index (χ1n) is 7.89. The van der Waals surface area contributed by atoms with Crippen molar-refractivity contribution >= 4 is 5.95 Å². The fourth-order valence-electron chi connectivity index (χ4n) is 3.74. The fraction of sp³-hybridized carbons (Fsp3) is 0.625. The molecule has 1 aromatic rings. The van der Waals surface area contributed by atoms with Crippen molar-refractivity contribution < 1.29 is 13.2 Å². The van der Waals surface area contributed by atoms with Crippen LogP contribution in [0.4, 0.5) is 19.1 Å². The maximum absolute atomic E-state index is 12.8. The van der Waals surface area contributed by atoms with Crippen LogP contribution in [0.1, 0.15) is 44.2 Å². The highest BCUT2D eigenvalue weighted by Crippen LogP contribution is 2.43. The molecule has 1 aromatic heterocycles. The van der Waals surface area contributed by atoms with Crippen LogP contribution in [0.5, 0.6) is 0 Å². The lowest BCUT2D eigenvalue weighted by molar-refractivity contribution is -0.141. The van der Waals surface area contributed by atoms with E-state index in [9.17, 15) is 13.2 Å². The van der Waals surface area contributed by atoms with E-state index in [0.717, 1.165) is 37.7 Å². The summed E-state index contributed by atoms with van der Waals surface area (Å²) in [6.45, 7) is 0. The van der Waals surface area contributed by atoms with E-state index in [4.69, 9.17) is 0 Å². The molecule has 1 saturated carbocycles. The van der Waals surface area contributed by atoms with Crippen LogP contribution in [0, 0.1) is 5.92 Å². The van der Waals surface area contributed by atoms with Gasteiger partial charge in [0.2, 0.25) is 5.95 Å². The Kier molecular flexibility index (Phi) is 3.16. The lowest BCUT2D eigenvalue weighted by Crippen LogP contribution is -2.42. The van der Waals surface area contributed by atoms with Gasteiger partial charge in [-0.1, -0.05) is 11.6 Å². The molecule has 4 rings (SSSR count). The van der Waals surface area contributed by atoms with Gasteiger partial charge in [0.05, 0.1) is 0 Å². The second-order valence-electron chi connectivity index (χ2n) is 6.60. The van der Waals surface area contributed by atoms with Crippen LogP contribution in [0.25, 0.3) is 0 Å². The number of nitrogens with zero attached hydrogens (tertiary/aromatic N) is 3. The van der Waals surface area contributed by atoms with Gasteiger partial charge >= 0.3 is 6.18 Å². The standard InChI is InChI=1S/C16H18F3N3/c17-16(18,19)14-5-6-20-15(21-14)22-12-3-4-13(22)9-11(8-12)7-10-1-2-10/h5-7,10,12-13H,1-4,8-9H2. The molecule has 2 aliphatic heterocycles. The van der Waals surface area contributed by atoms with Gasteiger partial charge in [0.15, 0.2) is 0 Å². The molecule has 3 aliphatic rings. The Morgan fingerprint density at radius 3 is 2.36 bits per heavy atom. The Bertz CT molecular complexity index is 591. The number of allylic oxidation sites excluding steroid dienone is 1. The predicted octanol–water partition coefficient (Wildman–Crippen LogP) is 3.96. The number of hydrogen-bond donors (Lipinski definition) is 0. The van der Waals surface area contributed by atoms with Gasteiger partial charge in [0.25, 0.3) is 0 Å². The third-order valence-electron chi connectivity index (χ3n) is 4.87. The number of fused-ring (bicyclic) bond motifs is 2. The monoisotopic (exact) mass is 309 g/mol. The normalized spacial score (nSPS) is 28.1. The van der Waals surface area contributed by atoms with E-state index in [-0.39, 0.29) is 18.0 Å². The zero-order valence-corrected chi connectivity index (χ0v) is 12.2. The van der Waals surface area contributed by atoms with E-state index >= 15 is 0 Å². The lowest BCUT2D eigenvalue weighted by Gasteiger charge is -2.36. The molecule has 2 atom stereocenters. The third kappa shape index (κ3) is 2.59. The van der Waals surface area contributed by atoms with Gasteiger partial charge in [-0.15, -0.1) is 0 Å². The van der Waals surface area contributed by atoms with Gasteiger partial charge in [0.1, 0.15) is 5.69 Å². The SMILES string of the molecule is FC(F)(F)c1ccnc(N2C3CCC2CC(=CC2CC2)C3)n1. The topological polar surface area (TPSA) is 29.0 Å². The van der Waals surface area contributed by atoms with Gasteiger partial charge in [-0.25, -0.2) is 9.97 Å². The third-order valence-corrected chi connectivity index (χ3v) is 4.87. The van der Waals surface area contributed by atoms with Crippen molar-refractivity contribution in [3.05, 3.63) is 29.6 Å². The summed E-state index contributed by atoms with van der Waals surface area (Å²) in [5.41, 5.74) is 0.634. The van der Waals surface area contributed by atoms with E-state index in [1.165, 1.54) is 24.6 Å². The van der Waals surface area contributed by atoms with Gasteiger partial charge < -0.3 is 4.90 Å². The van der Waals surface area contributed by atoms with E-state index in [1.807, 2.05) is 4.90 Å². The average Bonchev–Trinajstić information content (AvgIpc) is 3.23. The van der Waals surface area contributed by atoms with Crippen LogP contribution < -0.4 is 4.90 Å². The van der Waals surface area contributed by atoms with Gasteiger partial charge in [-0.2, -0.15) is 13.2 Å². The molecule has 2 unspecified atom stereocenters. The molecule has 2 saturated heterocycles. The van der Waals surface area contributed by atoms with Crippen LogP contribution in [0.15, 0.2) is 23.9 Å². The summed E-state index contributed by atoms with van der Waals surface area (Å²) in [5, 5.41) is 0. The number of alkyl halides is 3. The summed E-state index contributed by atoms with van der Waals surface area (Å²) in [7, 11) is 0. The number of aromatic nitrogens is 2. The molecule has 0 amide bonds. The second-order valence-corrected chi connectivity index (χ2v) is 6.60. The Morgan fingerprint density at radius 2 is 1.77 bits per heavy atom. The Hall–Kier alpha value is -1.59. The highest BCUT2D eigenvalue weighted by molar-refractivity contribution is 5.41.